The van der Waals surface area contributed by atoms with Crippen LogP contribution in [0.25, 0.3) is 10.1 Å². The zero-order valence-corrected chi connectivity index (χ0v) is 29.9. The first kappa shape index (κ1) is 32.3. The van der Waals surface area contributed by atoms with Crippen LogP contribution in [0.5, 0.6) is 0 Å². The van der Waals surface area contributed by atoms with E-state index in [0.29, 0.717) is 36.6 Å². The van der Waals surface area contributed by atoms with Crippen molar-refractivity contribution in [3.8, 4) is 0 Å². The average Bonchev–Trinajstić information content (AvgIpc) is 3.72. The molecule has 1 aliphatic heterocycles. The predicted molar refractivity (Wildman–Crippen MR) is 193 cm³/mol. The van der Waals surface area contributed by atoms with Crippen LogP contribution in [0.4, 0.5) is 4.79 Å². The van der Waals surface area contributed by atoms with Gasteiger partial charge in [-0.3, -0.25) is 4.79 Å². The summed E-state index contributed by atoms with van der Waals surface area (Å²) >= 11 is 1.56. The molecular formula is C42H51NO4S. The number of allylic oxidation sites excluding steroid dienone is 2. The molecule has 7 atom stereocenters. The van der Waals surface area contributed by atoms with E-state index >= 15 is 0 Å². The van der Waals surface area contributed by atoms with Gasteiger partial charge in [0.1, 0.15) is 5.60 Å². The summed E-state index contributed by atoms with van der Waals surface area (Å²) in [7, 11) is 0. The SMILES string of the molecule is CC1=CCCC2(C)C(CCC23CN(CC2CCC4CC2C4(C)C)C(=O)O3)c2ccc(cc2C(=O)c2cc3ccccc3s2)CC(O)CC1. The minimum Gasteiger partial charge on any atom is -0.440 e. The standard InChI is InChI=1S/C42H51NO4S/c1-26-8-7-18-41(4)34(17-19-42(41)25-43(39(46)47-42)24-29-13-14-30-23-35(29)40(30,2)3)32-16-12-27(20-31(44)15-11-26)21-33(32)38(45)37-22-28-9-5-6-10-36(28)48-37/h5-6,8-10,12,16,21-22,29-31,34-35,44H,7,11,13-15,17-20,23-25H2,1-4H3. The van der Waals surface area contributed by atoms with Crippen LogP contribution in [0.2, 0.25) is 0 Å². The molecule has 3 aromatic rings. The lowest BCUT2D eigenvalue weighted by Crippen LogP contribution is -2.55. The van der Waals surface area contributed by atoms with Gasteiger partial charge in [0.2, 0.25) is 5.78 Å². The summed E-state index contributed by atoms with van der Waals surface area (Å²) in [5.41, 5.74) is 3.55. The molecule has 5 fully saturated rings. The molecule has 48 heavy (non-hydrogen) atoms. The minimum absolute atomic E-state index is 0.0532. The molecule has 7 aliphatic rings. The molecule has 4 saturated carbocycles. The van der Waals surface area contributed by atoms with Gasteiger partial charge in [-0.15, -0.1) is 11.3 Å². The number of thiophene rings is 1. The van der Waals surface area contributed by atoms with Gasteiger partial charge in [0, 0.05) is 22.2 Å². The van der Waals surface area contributed by atoms with Crippen LogP contribution in [0.15, 0.2) is 60.2 Å². The van der Waals surface area contributed by atoms with Crippen molar-refractivity contribution in [2.45, 2.75) is 110 Å². The van der Waals surface area contributed by atoms with E-state index in [9.17, 15) is 14.7 Å². The molecule has 1 saturated heterocycles. The Morgan fingerprint density at radius 2 is 1.88 bits per heavy atom. The Balaban J connectivity index is 1.17. The maximum atomic E-state index is 14.6. The number of hydrogen-bond donors (Lipinski definition) is 1. The highest BCUT2D eigenvalue weighted by Gasteiger charge is 2.64. The molecule has 6 aliphatic carbocycles. The molecule has 254 valence electrons. The Morgan fingerprint density at radius 1 is 1.04 bits per heavy atom. The van der Waals surface area contributed by atoms with Gasteiger partial charge >= 0.3 is 6.09 Å². The zero-order valence-electron chi connectivity index (χ0n) is 29.1. The van der Waals surface area contributed by atoms with E-state index in [1.807, 2.05) is 18.2 Å². The second-order valence-electron chi connectivity index (χ2n) is 16.8. The third kappa shape index (κ3) is 5.19. The van der Waals surface area contributed by atoms with E-state index < -0.39 is 11.7 Å². The molecule has 1 spiro atoms. The Kier molecular flexibility index (Phi) is 7.95. The molecular weight excluding hydrogens is 615 g/mol. The maximum absolute atomic E-state index is 14.6. The molecule has 4 bridgehead atoms. The number of carbonyl (C=O) groups excluding carboxylic acids is 2. The van der Waals surface area contributed by atoms with Crippen molar-refractivity contribution >= 4 is 33.3 Å². The van der Waals surface area contributed by atoms with Crippen LogP contribution in [0.3, 0.4) is 0 Å². The molecule has 7 unspecified atom stereocenters. The van der Waals surface area contributed by atoms with Crippen LogP contribution >= 0.6 is 11.3 Å². The summed E-state index contributed by atoms with van der Waals surface area (Å²) in [6.07, 6.45) is 11.0. The van der Waals surface area contributed by atoms with Gasteiger partial charge in [0.15, 0.2) is 0 Å². The number of rotatable bonds is 4. The number of aliphatic hydroxyl groups is 1. The smallest absolute Gasteiger partial charge is 0.410 e. The van der Waals surface area contributed by atoms with E-state index in [4.69, 9.17) is 4.74 Å². The Hall–Kier alpha value is -2.96. The predicted octanol–water partition coefficient (Wildman–Crippen LogP) is 9.70. The number of nitrogens with zero attached hydrogens (tertiary/aromatic N) is 1. The van der Waals surface area contributed by atoms with E-state index in [0.717, 1.165) is 76.2 Å². The van der Waals surface area contributed by atoms with Crippen molar-refractivity contribution in [2.24, 2.45) is 28.6 Å². The molecule has 5 nitrogen and oxygen atoms in total. The first-order chi connectivity index (χ1) is 23.0. The molecule has 1 N–H and O–H groups in total. The van der Waals surface area contributed by atoms with Crippen molar-refractivity contribution in [1.29, 1.82) is 0 Å². The summed E-state index contributed by atoms with van der Waals surface area (Å²) in [6.45, 7) is 10.8. The van der Waals surface area contributed by atoms with Crippen molar-refractivity contribution < 1.29 is 19.4 Å². The fourth-order valence-corrected chi connectivity index (χ4v) is 11.8. The van der Waals surface area contributed by atoms with Gasteiger partial charge in [-0.2, -0.15) is 0 Å². The number of ketones is 1. The number of hydrogen-bond acceptors (Lipinski definition) is 5. The molecule has 1 amide bonds. The zero-order chi connectivity index (χ0) is 33.4. The first-order valence-corrected chi connectivity index (χ1v) is 19.3. The third-order valence-corrected chi connectivity index (χ3v) is 15.1. The summed E-state index contributed by atoms with van der Waals surface area (Å²) in [5.74, 6) is 2.19. The van der Waals surface area contributed by atoms with Gasteiger partial charge in [-0.1, -0.05) is 62.8 Å². The highest BCUT2D eigenvalue weighted by molar-refractivity contribution is 7.21. The second-order valence-corrected chi connectivity index (χ2v) is 17.9. The third-order valence-electron chi connectivity index (χ3n) is 14.0. The molecule has 6 heteroatoms. The van der Waals surface area contributed by atoms with Crippen molar-refractivity contribution in [1.82, 2.24) is 4.90 Å². The maximum Gasteiger partial charge on any atom is 0.410 e. The van der Waals surface area contributed by atoms with Crippen molar-refractivity contribution in [3.63, 3.8) is 0 Å². The second kappa shape index (κ2) is 11.8. The lowest BCUT2D eigenvalue weighted by Gasteiger charge is -2.60. The molecule has 10 rings (SSSR count). The highest BCUT2D eigenvalue weighted by Crippen LogP contribution is 2.64. The minimum atomic E-state index is -0.591. The average molecular weight is 666 g/mol. The lowest BCUT2D eigenvalue weighted by atomic mass is 9.45. The Bertz CT molecular complexity index is 1750. The molecule has 2 heterocycles. The number of amides is 1. The van der Waals surface area contributed by atoms with Crippen LogP contribution in [0, 0.1) is 28.6 Å². The van der Waals surface area contributed by atoms with Gasteiger partial charge in [0.05, 0.1) is 17.5 Å². The number of ether oxygens (including phenoxy) is 1. The largest absolute Gasteiger partial charge is 0.440 e. The van der Waals surface area contributed by atoms with Crippen LogP contribution in [0.1, 0.15) is 118 Å². The Morgan fingerprint density at radius 3 is 2.67 bits per heavy atom. The van der Waals surface area contributed by atoms with Crippen LogP contribution in [-0.4, -0.2) is 46.7 Å². The summed E-state index contributed by atoms with van der Waals surface area (Å²) in [6, 6.07) is 16.6. The van der Waals surface area contributed by atoms with E-state index in [-0.39, 0.29) is 23.2 Å². The molecule has 1 aromatic heterocycles. The van der Waals surface area contributed by atoms with Gasteiger partial charge < -0.3 is 14.7 Å². The molecule has 0 radical (unpaired) electrons. The highest BCUT2D eigenvalue weighted by atomic mass is 32.1. The summed E-state index contributed by atoms with van der Waals surface area (Å²) < 4.78 is 7.77. The molecule has 2 aromatic carbocycles. The van der Waals surface area contributed by atoms with E-state index in [2.05, 4.69) is 69.0 Å². The van der Waals surface area contributed by atoms with Crippen molar-refractivity contribution in [3.05, 3.63) is 81.7 Å². The lowest BCUT2D eigenvalue weighted by molar-refractivity contribution is -0.109. The Labute approximate surface area is 289 Å². The van der Waals surface area contributed by atoms with Crippen LogP contribution < -0.4 is 0 Å². The fraction of sp³-hybridized carbons (Fsp3) is 0.571. The van der Waals surface area contributed by atoms with Gasteiger partial charge in [-0.05, 0) is 135 Å². The normalized spacial score (nSPS) is 34.4. The number of fused-ring (bicyclic) bond motifs is 11. The quantitative estimate of drug-likeness (QED) is 0.223. The summed E-state index contributed by atoms with van der Waals surface area (Å²) in [5, 5.41) is 12.1. The monoisotopic (exact) mass is 665 g/mol. The number of benzene rings is 2. The van der Waals surface area contributed by atoms with E-state index in [1.165, 1.54) is 24.8 Å². The van der Waals surface area contributed by atoms with Gasteiger partial charge in [-0.25, -0.2) is 4.79 Å². The van der Waals surface area contributed by atoms with Gasteiger partial charge in [0.25, 0.3) is 0 Å². The van der Waals surface area contributed by atoms with E-state index in [1.54, 1.807) is 11.3 Å². The van der Waals surface area contributed by atoms with Crippen LogP contribution in [-0.2, 0) is 11.2 Å². The topological polar surface area (TPSA) is 66.8 Å². The summed E-state index contributed by atoms with van der Waals surface area (Å²) in [4.78, 5) is 31.2. The number of aliphatic hydroxyl groups excluding tert-OH is 1. The fourth-order valence-electron chi connectivity index (χ4n) is 10.8. The number of carbonyl (C=O) groups is 2. The van der Waals surface area contributed by atoms with Crippen molar-refractivity contribution in [2.75, 3.05) is 13.1 Å². The first-order valence-electron chi connectivity index (χ1n) is 18.5.